The van der Waals surface area contributed by atoms with Crippen LogP contribution in [0.2, 0.25) is 0 Å². The van der Waals surface area contributed by atoms with Crippen molar-refractivity contribution in [1.29, 1.82) is 0 Å². The first-order valence-electron chi connectivity index (χ1n) is 7.32. The fraction of sp³-hybridized carbons (Fsp3) is 0.667. The van der Waals surface area contributed by atoms with Gasteiger partial charge < -0.3 is 11.1 Å². The summed E-state index contributed by atoms with van der Waals surface area (Å²) in [6.07, 6.45) is 0.945. The standard InChI is InChI=1S/C10H12F3N2.C5H11N/c1-2-3-8(14)7-4-5-9(15-6-7)10(11,12)13;1-5-3-2-4-6-5/h4-6,8,14H,2-3H2,1H3;5-6H,2-4H2,1H3/q-1;/t8-;/m1./s1. The number of pyridine rings is 1. The van der Waals surface area contributed by atoms with Crippen LogP contribution in [-0.4, -0.2) is 17.6 Å². The molecule has 1 saturated heterocycles. The number of hydrogen-bond acceptors (Lipinski definition) is 2. The molecule has 120 valence electrons. The summed E-state index contributed by atoms with van der Waals surface area (Å²) in [6.45, 7) is 5.40. The quantitative estimate of drug-likeness (QED) is 0.875. The van der Waals surface area contributed by atoms with E-state index in [-0.39, 0.29) is 0 Å². The maximum atomic E-state index is 12.2. The molecule has 0 radical (unpaired) electrons. The largest absolute Gasteiger partial charge is 0.671 e. The topological polar surface area (TPSA) is 48.7 Å². The average Bonchev–Trinajstić information content (AvgIpc) is 2.90. The zero-order chi connectivity index (χ0) is 15.9. The zero-order valence-electron chi connectivity index (χ0n) is 12.5. The van der Waals surface area contributed by atoms with E-state index in [2.05, 4.69) is 17.2 Å². The van der Waals surface area contributed by atoms with Gasteiger partial charge in [0.2, 0.25) is 0 Å². The van der Waals surface area contributed by atoms with Crippen LogP contribution in [-0.2, 0) is 6.18 Å². The molecule has 0 aliphatic carbocycles. The fourth-order valence-corrected chi connectivity index (χ4v) is 2.09. The van der Waals surface area contributed by atoms with Crippen LogP contribution in [0.1, 0.15) is 56.8 Å². The van der Waals surface area contributed by atoms with Crippen molar-refractivity contribution in [2.75, 3.05) is 6.54 Å². The Hall–Kier alpha value is -1.14. The van der Waals surface area contributed by atoms with E-state index in [0.29, 0.717) is 12.0 Å². The highest BCUT2D eigenvalue weighted by Gasteiger charge is 2.31. The second-order valence-electron chi connectivity index (χ2n) is 5.31. The van der Waals surface area contributed by atoms with E-state index in [9.17, 15) is 13.2 Å². The molecule has 1 fully saturated rings. The Morgan fingerprint density at radius 1 is 1.43 bits per heavy atom. The van der Waals surface area contributed by atoms with Gasteiger partial charge in [-0.3, -0.25) is 4.98 Å². The van der Waals surface area contributed by atoms with Crippen LogP contribution in [0.25, 0.3) is 5.73 Å². The third-order valence-electron chi connectivity index (χ3n) is 3.36. The third kappa shape index (κ3) is 6.44. The minimum Gasteiger partial charge on any atom is -0.671 e. The molecule has 0 aromatic carbocycles. The molecule has 2 atom stereocenters. The van der Waals surface area contributed by atoms with Gasteiger partial charge in [-0.05, 0) is 37.9 Å². The van der Waals surface area contributed by atoms with Gasteiger partial charge in [0.05, 0.1) is 0 Å². The molecule has 0 bridgehead atoms. The fourth-order valence-electron chi connectivity index (χ4n) is 2.09. The maximum Gasteiger partial charge on any atom is 0.433 e. The van der Waals surface area contributed by atoms with E-state index in [1.807, 2.05) is 6.92 Å². The Kier molecular flexibility index (Phi) is 7.11. The Morgan fingerprint density at radius 2 is 2.14 bits per heavy atom. The molecule has 1 aliphatic heterocycles. The first-order valence-corrected chi connectivity index (χ1v) is 7.32. The molecular formula is C15H23F3N3-. The van der Waals surface area contributed by atoms with Gasteiger partial charge in [0.1, 0.15) is 5.69 Å². The minimum absolute atomic E-state index is 0.482. The Labute approximate surface area is 124 Å². The summed E-state index contributed by atoms with van der Waals surface area (Å²) in [5.41, 5.74) is 7.24. The molecule has 2 rings (SSSR count). The van der Waals surface area contributed by atoms with Crippen LogP contribution in [0.15, 0.2) is 18.3 Å². The highest BCUT2D eigenvalue weighted by Crippen LogP contribution is 2.29. The van der Waals surface area contributed by atoms with Crippen molar-refractivity contribution in [3.05, 3.63) is 35.3 Å². The summed E-state index contributed by atoms with van der Waals surface area (Å²) in [5, 5.41) is 3.32. The minimum atomic E-state index is -4.40. The van der Waals surface area contributed by atoms with Crippen molar-refractivity contribution < 1.29 is 13.2 Å². The monoisotopic (exact) mass is 302 g/mol. The molecule has 1 unspecified atom stereocenters. The number of alkyl halides is 3. The van der Waals surface area contributed by atoms with E-state index in [0.717, 1.165) is 24.7 Å². The second kappa shape index (κ2) is 8.34. The number of nitrogens with zero attached hydrogens (tertiary/aromatic N) is 1. The smallest absolute Gasteiger partial charge is 0.433 e. The van der Waals surface area contributed by atoms with Gasteiger partial charge in [0.25, 0.3) is 0 Å². The summed E-state index contributed by atoms with van der Waals surface area (Å²) >= 11 is 0. The van der Waals surface area contributed by atoms with Gasteiger partial charge in [-0.1, -0.05) is 25.8 Å². The summed E-state index contributed by atoms with van der Waals surface area (Å²) < 4.78 is 36.5. The van der Waals surface area contributed by atoms with Gasteiger partial charge in [-0.15, -0.1) is 6.04 Å². The van der Waals surface area contributed by atoms with Crippen molar-refractivity contribution in [1.82, 2.24) is 10.3 Å². The first kappa shape index (κ1) is 17.9. The van der Waals surface area contributed by atoms with Gasteiger partial charge in [-0.25, -0.2) is 0 Å². The van der Waals surface area contributed by atoms with E-state index >= 15 is 0 Å². The van der Waals surface area contributed by atoms with E-state index in [1.54, 1.807) is 0 Å². The normalized spacial score (nSPS) is 19.8. The lowest BCUT2D eigenvalue weighted by Crippen LogP contribution is -2.16. The number of nitrogens with one attached hydrogen (secondary N) is 2. The molecule has 3 nitrogen and oxygen atoms in total. The SMILES string of the molecule is CC1CCCN1.CCC[C@@H]([NH-])c1ccc(C(F)(F)F)nc1. The van der Waals surface area contributed by atoms with Crippen LogP contribution in [0.3, 0.4) is 0 Å². The van der Waals surface area contributed by atoms with Crippen molar-refractivity contribution >= 4 is 0 Å². The number of rotatable bonds is 3. The average molecular weight is 302 g/mol. The molecule has 6 heteroatoms. The first-order chi connectivity index (χ1) is 9.84. The van der Waals surface area contributed by atoms with Crippen molar-refractivity contribution in [3.8, 4) is 0 Å². The van der Waals surface area contributed by atoms with E-state index < -0.39 is 17.9 Å². The van der Waals surface area contributed by atoms with Crippen molar-refractivity contribution in [2.24, 2.45) is 0 Å². The van der Waals surface area contributed by atoms with Gasteiger partial charge >= 0.3 is 6.18 Å². The third-order valence-corrected chi connectivity index (χ3v) is 3.36. The number of halogens is 3. The summed E-state index contributed by atoms with van der Waals surface area (Å²) in [4.78, 5) is 3.31. The lowest BCUT2D eigenvalue weighted by Gasteiger charge is -2.19. The Balaban J connectivity index is 0.000000304. The zero-order valence-corrected chi connectivity index (χ0v) is 12.5. The molecule has 21 heavy (non-hydrogen) atoms. The predicted octanol–water partition coefficient (Wildman–Crippen LogP) is 4.75. The van der Waals surface area contributed by atoms with Crippen molar-refractivity contribution in [3.63, 3.8) is 0 Å². The number of aromatic nitrogens is 1. The van der Waals surface area contributed by atoms with E-state index in [1.165, 1.54) is 25.5 Å². The highest BCUT2D eigenvalue weighted by atomic mass is 19.4. The maximum absolute atomic E-state index is 12.2. The molecule has 0 spiro atoms. The molecule has 2 heterocycles. The predicted molar refractivity (Wildman–Crippen MR) is 77.9 cm³/mol. The lowest BCUT2D eigenvalue weighted by atomic mass is 10.1. The molecule has 1 aliphatic rings. The van der Waals surface area contributed by atoms with Crippen LogP contribution < -0.4 is 5.32 Å². The van der Waals surface area contributed by atoms with Crippen LogP contribution in [0.5, 0.6) is 0 Å². The highest BCUT2D eigenvalue weighted by molar-refractivity contribution is 5.20. The molecular weight excluding hydrogens is 279 g/mol. The molecule has 1 aromatic heterocycles. The number of hydrogen-bond donors (Lipinski definition) is 1. The van der Waals surface area contributed by atoms with Crippen LogP contribution in [0, 0.1) is 0 Å². The summed E-state index contributed by atoms with van der Waals surface area (Å²) in [7, 11) is 0. The molecule has 2 N–H and O–H groups in total. The molecule has 0 amide bonds. The molecule has 1 aromatic rings. The van der Waals surface area contributed by atoms with E-state index in [4.69, 9.17) is 5.73 Å². The van der Waals surface area contributed by atoms with Gasteiger partial charge in [0.15, 0.2) is 0 Å². The summed E-state index contributed by atoms with van der Waals surface area (Å²) in [6, 6.07) is 2.56. The van der Waals surface area contributed by atoms with Crippen molar-refractivity contribution in [2.45, 2.75) is 57.8 Å². The van der Waals surface area contributed by atoms with Crippen LogP contribution >= 0.6 is 0 Å². The Morgan fingerprint density at radius 3 is 2.48 bits per heavy atom. The molecule has 0 saturated carbocycles. The lowest BCUT2D eigenvalue weighted by molar-refractivity contribution is -0.141. The summed E-state index contributed by atoms with van der Waals surface area (Å²) in [5.74, 6) is 0. The second-order valence-corrected chi connectivity index (χ2v) is 5.31. The van der Waals surface area contributed by atoms with Gasteiger partial charge in [-0.2, -0.15) is 13.2 Å². The van der Waals surface area contributed by atoms with Crippen LogP contribution in [0.4, 0.5) is 13.2 Å². The van der Waals surface area contributed by atoms with Gasteiger partial charge in [0, 0.05) is 12.2 Å². The Bertz CT molecular complexity index is 398.